The number of thioether (sulfide) groups is 1. The largest absolute Gasteiger partial charge is 0.243 e. The SMILES string of the molecule is N#Cc1ncc(Br)cc1SCc1ccccc1. The molecule has 2 nitrogen and oxygen atoms in total. The Morgan fingerprint density at radius 3 is 2.76 bits per heavy atom. The molecule has 0 aliphatic heterocycles. The normalized spacial score (nSPS) is 9.88. The van der Waals surface area contributed by atoms with E-state index in [9.17, 15) is 0 Å². The summed E-state index contributed by atoms with van der Waals surface area (Å²) >= 11 is 4.99. The van der Waals surface area contributed by atoms with Crippen molar-refractivity contribution in [1.82, 2.24) is 4.98 Å². The van der Waals surface area contributed by atoms with Gasteiger partial charge in [0, 0.05) is 21.3 Å². The Morgan fingerprint density at radius 1 is 1.29 bits per heavy atom. The standard InChI is InChI=1S/C13H9BrN2S/c14-11-6-13(12(7-15)16-8-11)17-9-10-4-2-1-3-5-10/h1-6,8H,9H2. The quantitative estimate of drug-likeness (QED) is 0.804. The maximum absolute atomic E-state index is 8.97. The average molecular weight is 305 g/mol. The van der Waals surface area contributed by atoms with Crippen molar-refractivity contribution >= 4 is 27.7 Å². The van der Waals surface area contributed by atoms with Crippen molar-refractivity contribution in [1.29, 1.82) is 5.26 Å². The van der Waals surface area contributed by atoms with Crippen LogP contribution in [0.5, 0.6) is 0 Å². The van der Waals surface area contributed by atoms with E-state index in [1.807, 2.05) is 24.3 Å². The summed E-state index contributed by atoms with van der Waals surface area (Å²) in [5, 5.41) is 8.97. The van der Waals surface area contributed by atoms with Crippen molar-refractivity contribution in [3.8, 4) is 6.07 Å². The molecule has 2 rings (SSSR count). The fraction of sp³-hybridized carbons (Fsp3) is 0.0769. The molecule has 0 aliphatic carbocycles. The van der Waals surface area contributed by atoms with Crippen LogP contribution in [0.3, 0.4) is 0 Å². The lowest BCUT2D eigenvalue weighted by Crippen LogP contribution is -1.88. The molecule has 0 amide bonds. The van der Waals surface area contributed by atoms with Gasteiger partial charge in [-0.15, -0.1) is 11.8 Å². The first-order chi connectivity index (χ1) is 8.29. The second-order valence-corrected chi connectivity index (χ2v) is 5.32. The molecule has 0 fully saturated rings. The van der Waals surface area contributed by atoms with Gasteiger partial charge in [-0.05, 0) is 27.6 Å². The predicted molar refractivity (Wildman–Crippen MR) is 72.7 cm³/mol. The Hall–Kier alpha value is -1.31. The van der Waals surface area contributed by atoms with Crippen LogP contribution in [0.15, 0.2) is 52.0 Å². The molecule has 0 saturated heterocycles. The van der Waals surface area contributed by atoms with E-state index in [4.69, 9.17) is 5.26 Å². The van der Waals surface area contributed by atoms with Crippen molar-refractivity contribution in [2.75, 3.05) is 0 Å². The van der Waals surface area contributed by atoms with Crippen LogP contribution in [-0.2, 0) is 5.75 Å². The number of aromatic nitrogens is 1. The van der Waals surface area contributed by atoms with Crippen molar-refractivity contribution in [2.45, 2.75) is 10.6 Å². The monoisotopic (exact) mass is 304 g/mol. The number of halogens is 1. The van der Waals surface area contributed by atoms with Crippen LogP contribution in [0.1, 0.15) is 11.3 Å². The molecule has 0 saturated carbocycles. The molecule has 0 aliphatic rings. The topological polar surface area (TPSA) is 36.7 Å². The smallest absolute Gasteiger partial charge is 0.154 e. The van der Waals surface area contributed by atoms with Gasteiger partial charge in [0.1, 0.15) is 6.07 Å². The molecule has 1 aromatic carbocycles. The molecule has 0 unspecified atom stereocenters. The number of hydrogen-bond donors (Lipinski definition) is 0. The van der Waals surface area contributed by atoms with Crippen molar-refractivity contribution in [3.63, 3.8) is 0 Å². The molecule has 0 spiro atoms. The van der Waals surface area contributed by atoms with Gasteiger partial charge in [-0.2, -0.15) is 5.26 Å². The molecule has 0 atom stereocenters. The molecule has 1 heterocycles. The molecule has 0 N–H and O–H groups in total. The zero-order valence-electron chi connectivity index (χ0n) is 8.93. The Balaban J connectivity index is 2.14. The number of rotatable bonds is 3. The lowest BCUT2D eigenvalue weighted by molar-refractivity contribution is 1.16. The molecule has 2 aromatic rings. The zero-order valence-corrected chi connectivity index (χ0v) is 11.3. The number of pyridine rings is 1. The first-order valence-electron chi connectivity index (χ1n) is 5.02. The van der Waals surface area contributed by atoms with E-state index in [0.29, 0.717) is 5.69 Å². The first-order valence-corrected chi connectivity index (χ1v) is 6.80. The highest BCUT2D eigenvalue weighted by Gasteiger charge is 2.05. The highest BCUT2D eigenvalue weighted by molar-refractivity contribution is 9.10. The van der Waals surface area contributed by atoms with Gasteiger partial charge in [-0.25, -0.2) is 4.98 Å². The highest BCUT2D eigenvalue weighted by Crippen LogP contribution is 2.27. The van der Waals surface area contributed by atoms with Crippen molar-refractivity contribution < 1.29 is 0 Å². The summed E-state index contributed by atoms with van der Waals surface area (Å²) in [6, 6.07) is 14.2. The van der Waals surface area contributed by atoms with Gasteiger partial charge in [0.25, 0.3) is 0 Å². The van der Waals surface area contributed by atoms with E-state index in [2.05, 4.69) is 39.1 Å². The van der Waals surface area contributed by atoms with E-state index >= 15 is 0 Å². The van der Waals surface area contributed by atoms with Gasteiger partial charge >= 0.3 is 0 Å². The van der Waals surface area contributed by atoms with Crippen molar-refractivity contribution in [3.05, 3.63) is 58.3 Å². The molecular formula is C13H9BrN2S. The second-order valence-electron chi connectivity index (χ2n) is 3.39. The van der Waals surface area contributed by atoms with Crippen LogP contribution >= 0.6 is 27.7 Å². The van der Waals surface area contributed by atoms with Gasteiger partial charge < -0.3 is 0 Å². The van der Waals surface area contributed by atoms with Gasteiger partial charge in [0.15, 0.2) is 5.69 Å². The third-order valence-corrected chi connectivity index (χ3v) is 3.70. The van der Waals surface area contributed by atoms with E-state index in [-0.39, 0.29) is 0 Å². The van der Waals surface area contributed by atoms with E-state index in [1.54, 1.807) is 18.0 Å². The van der Waals surface area contributed by atoms with E-state index in [1.165, 1.54) is 5.56 Å². The van der Waals surface area contributed by atoms with Crippen LogP contribution in [0.25, 0.3) is 0 Å². The van der Waals surface area contributed by atoms with Crippen LogP contribution in [0.4, 0.5) is 0 Å². The average Bonchev–Trinajstić information content (AvgIpc) is 2.38. The summed E-state index contributed by atoms with van der Waals surface area (Å²) in [5.74, 6) is 0.841. The number of benzene rings is 1. The third-order valence-electron chi connectivity index (χ3n) is 2.16. The van der Waals surface area contributed by atoms with Gasteiger partial charge in [-0.1, -0.05) is 30.3 Å². The molecular weight excluding hydrogens is 296 g/mol. The summed E-state index contributed by atoms with van der Waals surface area (Å²) in [4.78, 5) is 4.99. The predicted octanol–water partition coefficient (Wildman–Crippen LogP) is 4.01. The van der Waals surface area contributed by atoms with E-state index < -0.39 is 0 Å². The molecule has 17 heavy (non-hydrogen) atoms. The number of nitriles is 1. The van der Waals surface area contributed by atoms with Crippen LogP contribution in [0.2, 0.25) is 0 Å². The Kier molecular flexibility index (Phi) is 4.18. The summed E-state index contributed by atoms with van der Waals surface area (Å²) < 4.78 is 0.895. The molecule has 84 valence electrons. The Bertz CT molecular complexity index is 549. The number of nitrogens with zero attached hydrogens (tertiary/aromatic N) is 2. The summed E-state index contributed by atoms with van der Waals surface area (Å²) in [6.45, 7) is 0. The van der Waals surface area contributed by atoms with Gasteiger partial charge in [-0.3, -0.25) is 0 Å². The molecule has 1 aromatic heterocycles. The van der Waals surface area contributed by atoms with Crippen LogP contribution in [-0.4, -0.2) is 4.98 Å². The molecule has 0 radical (unpaired) electrons. The molecule has 0 bridgehead atoms. The minimum atomic E-state index is 0.481. The summed E-state index contributed by atoms with van der Waals surface area (Å²) in [6.07, 6.45) is 1.64. The minimum absolute atomic E-state index is 0.481. The maximum Gasteiger partial charge on any atom is 0.154 e. The second kappa shape index (κ2) is 5.85. The van der Waals surface area contributed by atoms with Gasteiger partial charge in [0.2, 0.25) is 0 Å². The molecule has 4 heteroatoms. The van der Waals surface area contributed by atoms with Crippen LogP contribution < -0.4 is 0 Å². The highest BCUT2D eigenvalue weighted by atomic mass is 79.9. The summed E-state index contributed by atoms with van der Waals surface area (Å²) in [7, 11) is 0. The third kappa shape index (κ3) is 3.32. The minimum Gasteiger partial charge on any atom is -0.243 e. The summed E-state index contributed by atoms with van der Waals surface area (Å²) in [5.41, 5.74) is 1.72. The fourth-order valence-corrected chi connectivity index (χ4v) is 2.79. The van der Waals surface area contributed by atoms with Gasteiger partial charge in [0.05, 0.1) is 0 Å². The lowest BCUT2D eigenvalue weighted by Gasteiger charge is -2.03. The van der Waals surface area contributed by atoms with Crippen LogP contribution in [0, 0.1) is 11.3 Å². The lowest BCUT2D eigenvalue weighted by atomic mass is 10.2. The van der Waals surface area contributed by atoms with E-state index in [0.717, 1.165) is 15.1 Å². The number of hydrogen-bond acceptors (Lipinski definition) is 3. The fourth-order valence-electron chi connectivity index (χ4n) is 1.35. The Morgan fingerprint density at radius 2 is 2.06 bits per heavy atom. The Labute approximate surface area is 113 Å². The van der Waals surface area contributed by atoms with Crippen molar-refractivity contribution in [2.24, 2.45) is 0 Å². The first kappa shape index (κ1) is 12.2. The maximum atomic E-state index is 8.97. The zero-order chi connectivity index (χ0) is 12.1.